The first kappa shape index (κ1) is 38.4. The molecule has 0 saturated heterocycles. The number of ether oxygens (including phenoxy) is 1. The Labute approximate surface area is 251 Å². The summed E-state index contributed by atoms with van der Waals surface area (Å²) in [6.07, 6.45) is -7.28. The minimum absolute atomic E-state index is 0. The van der Waals surface area contributed by atoms with Crippen LogP contribution in [-0.2, 0) is 38.7 Å². The summed E-state index contributed by atoms with van der Waals surface area (Å²) in [6, 6.07) is 8.91. The molecule has 43 heavy (non-hydrogen) atoms. The maximum atomic E-state index is 13.0. The van der Waals surface area contributed by atoms with E-state index < -0.39 is 46.9 Å². The van der Waals surface area contributed by atoms with Crippen molar-refractivity contribution in [1.82, 2.24) is 0 Å². The second-order valence-corrected chi connectivity index (χ2v) is 7.90. The summed E-state index contributed by atoms with van der Waals surface area (Å²) >= 11 is 0. The number of alkyl halides is 6. The number of carbonyl (C=O) groups is 2. The van der Waals surface area contributed by atoms with Crippen LogP contribution >= 0.6 is 0 Å². The number of carboxylic acids is 2. The van der Waals surface area contributed by atoms with E-state index in [0.717, 1.165) is 50.5 Å². The molecular weight excluding hydrogens is 637 g/mol. The van der Waals surface area contributed by atoms with Gasteiger partial charge in [0.15, 0.2) is 0 Å². The van der Waals surface area contributed by atoms with Crippen LogP contribution in [0, 0.1) is 0 Å². The third-order valence-corrected chi connectivity index (χ3v) is 4.58. The number of methoxy groups -OCH3 is 1. The number of carboxylic acid groups (broad SMARTS) is 2. The van der Waals surface area contributed by atoms with E-state index in [0.29, 0.717) is 17.9 Å². The molecule has 3 aromatic rings. The third-order valence-electron chi connectivity index (χ3n) is 4.58. The van der Waals surface area contributed by atoms with E-state index in [1.54, 1.807) is 0 Å². The van der Waals surface area contributed by atoms with Crippen molar-refractivity contribution < 1.29 is 77.9 Å². The molecule has 3 aromatic carbocycles. The predicted octanol–water partition coefficient (Wildman–Crippen LogP) is 4.16. The van der Waals surface area contributed by atoms with Crippen LogP contribution in [0.3, 0.4) is 0 Å². The Hall–Kier alpha value is -4.57. The number of phenolic OH excluding ortho intramolecular Hbond substituents is 2. The van der Waals surface area contributed by atoms with Gasteiger partial charge in [0.1, 0.15) is 17.2 Å². The number of benzene rings is 3. The molecule has 0 heterocycles. The summed E-state index contributed by atoms with van der Waals surface area (Å²) < 4.78 is 82.9. The van der Waals surface area contributed by atoms with E-state index in [4.69, 9.17) is 24.5 Å². The summed E-state index contributed by atoms with van der Waals surface area (Å²) in [5, 5.41) is 37.5. The zero-order valence-corrected chi connectivity index (χ0v) is 23.3. The van der Waals surface area contributed by atoms with E-state index in [1.165, 1.54) is 25.3 Å². The van der Waals surface area contributed by atoms with Gasteiger partial charge in [0.2, 0.25) is 0 Å². The summed E-state index contributed by atoms with van der Waals surface area (Å²) in [7, 11) is 1.37. The zero-order chi connectivity index (χ0) is 32.3. The van der Waals surface area contributed by atoms with E-state index in [9.17, 15) is 36.6 Å². The van der Waals surface area contributed by atoms with Gasteiger partial charge in [0.05, 0.1) is 29.6 Å². The maximum Gasteiger partial charge on any atom is 2.00 e. The van der Waals surface area contributed by atoms with Crippen molar-refractivity contribution in [3.8, 4) is 17.2 Å². The number of aliphatic carboxylic acids is 2. The predicted molar refractivity (Wildman–Crippen MR) is 135 cm³/mol. The van der Waals surface area contributed by atoms with Crippen LogP contribution in [0.15, 0.2) is 64.6 Å². The number of aromatic hydroxyl groups is 2. The fourth-order valence-electron chi connectivity index (χ4n) is 2.79. The first-order chi connectivity index (χ1) is 19.3. The molecule has 0 saturated carbocycles. The van der Waals surface area contributed by atoms with Gasteiger partial charge in [-0.2, -0.15) is 26.3 Å². The average Bonchev–Trinajstić information content (AvgIpc) is 2.86. The summed E-state index contributed by atoms with van der Waals surface area (Å²) in [4.78, 5) is 25.9. The molecule has 1 radical (unpaired) electrons. The Morgan fingerprint density at radius 3 is 1.44 bits per heavy atom. The Morgan fingerprint density at radius 2 is 1.09 bits per heavy atom. The molecule has 0 spiro atoms. The number of aliphatic imine (C=N–C) groups is 2. The SMILES string of the molecule is CC(=O)[O-].CC(=O)[O-].COc1ccc(N=Cc2cc(C(F)(F)F)ccc2O)c(N=Cc2cc(C(F)(F)F)ccc2O)c1.[Co+2]. The van der Waals surface area contributed by atoms with Gasteiger partial charge in [0, 0.05) is 41.6 Å². The molecule has 0 aliphatic heterocycles. The van der Waals surface area contributed by atoms with Crippen LogP contribution in [0.5, 0.6) is 17.2 Å². The second-order valence-electron chi connectivity index (χ2n) is 7.90. The molecule has 0 fully saturated rings. The van der Waals surface area contributed by atoms with Crippen molar-refractivity contribution in [1.29, 1.82) is 0 Å². The van der Waals surface area contributed by atoms with Crippen LogP contribution in [0.25, 0.3) is 0 Å². The fraction of sp³-hybridized carbons (Fsp3) is 0.185. The molecule has 233 valence electrons. The van der Waals surface area contributed by atoms with Gasteiger partial charge in [-0.1, -0.05) is 0 Å². The molecule has 9 nitrogen and oxygen atoms in total. The number of halogens is 6. The average molecular weight is 659 g/mol. The first-order valence-electron chi connectivity index (χ1n) is 11.3. The van der Waals surface area contributed by atoms with Gasteiger partial charge in [-0.3, -0.25) is 9.98 Å². The van der Waals surface area contributed by atoms with Gasteiger partial charge in [-0.25, -0.2) is 0 Å². The first-order valence-corrected chi connectivity index (χ1v) is 11.3. The van der Waals surface area contributed by atoms with Crippen LogP contribution in [0.1, 0.15) is 36.1 Å². The Bertz CT molecular complexity index is 1440. The molecule has 3 rings (SSSR count). The largest absolute Gasteiger partial charge is 2.00 e. The topological polar surface area (TPSA) is 155 Å². The number of hydrogen-bond donors (Lipinski definition) is 2. The summed E-state index contributed by atoms with van der Waals surface area (Å²) in [6.45, 7) is 1.94. The Balaban J connectivity index is 0.00000174. The second kappa shape index (κ2) is 16.8. The van der Waals surface area contributed by atoms with E-state index >= 15 is 0 Å². The van der Waals surface area contributed by atoms with Crippen LogP contribution in [0.4, 0.5) is 37.7 Å². The van der Waals surface area contributed by atoms with Crippen molar-refractivity contribution >= 4 is 35.7 Å². The van der Waals surface area contributed by atoms with Gasteiger partial charge >= 0.3 is 29.1 Å². The maximum absolute atomic E-state index is 13.0. The van der Waals surface area contributed by atoms with E-state index in [2.05, 4.69) is 9.98 Å². The van der Waals surface area contributed by atoms with Gasteiger partial charge < -0.3 is 34.8 Å². The van der Waals surface area contributed by atoms with Crippen molar-refractivity contribution in [3.63, 3.8) is 0 Å². The number of phenols is 2. The molecule has 2 N–H and O–H groups in total. The van der Waals surface area contributed by atoms with Crippen molar-refractivity contribution in [2.24, 2.45) is 9.98 Å². The fourth-order valence-corrected chi connectivity index (χ4v) is 2.79. The number of carbonyl (C=O) groups excluding carboxylic acids is 2. The van der Waals surface area contributed by atoms with Gasteiger partial charge in [-0.05, 0) is 62.4 Å². The van der Waals surface area contributed by atoms with Crippen LogP contribution in [0.2, 0.25) is 0 Å². The van der Waals surface area contributed by atoms with Crippen LogP contribution < -0.4 is 14.9 Å². The molecule has 0 aromatic heterocycles. The van der Waals surface area contributed by atoms with Crippen molar-refractivity contribution in [3.05, 3.63) is 76.9 Å². The summed E-state index contributed by atoms with van der Waals surface area (Å²) in [5.41, 5.74) is -2.21. The molecule has 0 amide bonds. The quantitative estimate of drug-likeness (QED) is 0.308. The Morgan fingerprint density at radius 1 is 0.721 bits per heavy atom. The van der Waals surface area contributed by atoms with E-state index in [-0.39, 0.29) is 39.3 Å². The number of rotatable bonds is 5. The molecule has 0 aliphatic rings. The molecule has 0 aliphatic carbocycles. The molecular formula is C27H22CoF6N2O7. The minimum Gasteiger partial charge on any atom is -0.550 e. The van der Waals surface area contributed by atoms with Gasteiger partial charge in [0.25, 0.3) is 0 Å². The molecule has 16 heteroatoms. The minimum atomic E-state index is -4.63. The zero-order valence-electron chi connectivity index (χ0n) is 22.3. The standard InChI is InChI=1S/C23H16F6N2O3.2C2H4O2.Co/c1-34-17-4-5-18(30-11-13-8-15(22(24,25)26)2-6-20(13)32)19(10-17)31-12-14-9-16(23(27,28)29)3-7-21(14)33;2*1-2(3)4;/h2-12,32-33H,1H3;2*1H3,(H,3,4);/q;;;+2/p-2. The number of hydrogen-bond acceptors (Lipinski definition) is 9. The monoisotopic (exact) mass is 659 g/mol. The molecule has 0 atom stereocenters. The Kier molecular flexibility index (Phi) is 15.0. The van der Waals surface area contributed by atoms with Crippen LogP contribution in [-0.4, -0.2) is 41.7 Å². The normalized spacial score (nSPS) is 11.1. The molecule has 0 unspecified atom stereocenters. The van der Waals surface area contributed by atoms with E-state index in [1.807, 2.05) is 0 Å². The third kappa shape index (κ3) is 13.8. The smallest absolute Gasteiger partial charge is 0.550 e. The van der Waals surface area contributed by atoms with Crippen molar-refractivity contribution in [2.45, 2.75) is 26.2 Å². The van der Waals surface area contributed by atoms with Crippen molar-refractivity contribution in [2.75, 3.05) is 7.11 Å². The number of nitrogens with zero attached hydrogens (tertiary/aromatic N) is 2. The molecule has 0 bridgehead atoms. The van der Waals surface area contributed by atoms with Gasteiger partial charge in [-0.15, -0.1) is 0 Å². The summed E-state index contributed by atoms with van der Waals surface area (Å²) in [5.74, 6) is -2.73.